The molecule has 3 aliphatic heterocycles. The molecule has 15 nitrogen and oxygen atoms in total. The molecule has 3 aromatic heterocycles. The van der Waals surface area contributed by atoms with Gasteiger partial charge in [0.25, 0.3) is 11.8 Å². The number of nitrogens with one attached hydrogen (secondary N) is 1. The first-order chi connectivity index (χ1) is 21.1. The van der Waals surface area contributed by atoms with Gasteiger partial charge in [0.15, 0.2) is 0 Å². The smallest absolute Gasteiger partial charge is 0.346 e. The van der Waals surface area contributed by atoms with Crippen molar-refractivity contribution in [1.82, 2.24) is 24.4 Å². The number of nitrogens with zero attached hydrogens (tertiary/aromatic N) is 6. The van der Waals surface area contributed by atoms with E-state index in [2.05, 4.69) is 20.4 Å². The molecule has 3 aliphatic rings. The summed E-state index contributed by atoms with van der Waals surface area (Å²) < 4.78 is 40.0. The van der Waals surface area contributed by atoms with E-state index in [0.29, 0.717) is 49.9 Å². The molecule has 3 saturated heterocycles. The normalized spacial score (nSPS) is 18.2. The molecule has 0 aliphatic carbocycles. The van der Waals surface area contributed by atoms with E-state index in [4.69, 9.17) is 18.2 Å². The molecular weight excluding hydrogens is 593 g/mol. The van der Waals surface area contributed by atoms with Crippen molar-refractivity contribution < 1.29 is 32.5 Å². The minimum atomic E-state index is -3.21. The number of nitro groups is 1. The highest BCUT2D eigenvalue weighted by molar-refractivity contribution is 7.54. The predicted molar refractivity (Wildman–Crippen MR) is 157 cm³/mol. The van der Waals surface area contributed by atoms with Crippen molar-refractivity contribution >= 4 is 25.1 Å². The van der Waals surface area contributed by atoms with Crippen LogP contribution in [0.2, 0.25) is 0 Å². The van der Waals surface area contributed by atoms with E-state index in [1.807, 2.05) is 6.92 Å². The molecule has 0 aromatic carbocycles. The summed E-state index contributed by atoms with van der Waals surface area (Å²) in [4.78, 5) is 31.2. The lowest BCUT2D eigenvalue weighted by Gasteiger charge is -2.27. The molecule has 6 rings (SSSR count). The average molecular weight is 630 g/mol. The van der Waals surface area contributed by atoms with Crippen LogP contribution in [0.15, 0.2) is 27.3 Å². The second kappa shape index (κ2) is 12.4. The molecule has 1 N–H and O–H groups in total. The number of hydrogen-bond donors (Lipinski definition) is 1. The molecule has 0 radical (unpaired) electrons. The molecule has 3 fully saturated rings. The number of ether oxygens (including phenoxy) is 1. The standard InChI is InChI=1S/C28H36N7O8P/c1-18-22(19(2)42-31-18)17-40-26-13-23(29-15-21(26)16-32-7-5-4-6-8-32)27(36)30-28-24(35(37)38)14-25(41-28)20(3)43-44(39,33-9-10-33)34-11-12-34/h13-15,20H,4-12,16-17H2,1-3H3,(H,30,36). The third-order valence-corrected chi connectivity index (χ3v) is 10.8. The van der Waals surface area contributed by atoms with Gasteiger partial charge in [0, 0.05) is 50.6 Å². The van der Waals surface area contributed by atoms with Crippen LogP contribution in [0.4, 0.5) is 11.6 Å². The summed E-state index contributed by atoms with van der Waals surface area (Å²) >= 11 is 0. The Balaban J connectivity index is 1.21. The molecule has 236 valence electrons. The number of anilines is 1. The number of furan rings is 1. The number of aryl methyl sites for hydroxylation is 2. The van der Waals surface area contributed by atoms with Crippen molar-refractivity contribution in [2.24, 2.45) is 0 Å². The number of amides is 1. The highest BCUT2D eigenvalue weighted by Crippen LogP contribution is 2.63. The summed E-state index contributed by atoms with van der Waals surface area (Å²) in [6.07, 6.45) is 4.17. The predicted octanol–water partition coefficient (Wildman–Crippen LogP) is 4.82. The Kier molecular flexibility index (Phi) is 8.57. The Bertz CT molecular complexity index is 1560. The van der Waals surface area contributed by atoms with Gasteiger partial charge in [0.2, 0.25) is 0 Å². The lowest BCUT2D eigenvalue weighted by Crippen LogP contribution is -2.29. The van der Waals surface area contributed by atoms with Gasteiger partial charge in [-0.1, -0.05) is 11.6 Å². The molecule has 0 bridgehead atoms. The van der Waals surface area contributed by atoms with Gasteiger partial charge in [0.1, 0.15) is 35.7 Å². The van der Waals surface area contributed by atoms with Crippen LogP contribution in [0.25, 0.3) is 0 Å². The second-order valence-electron chi connectivity index (χ2n) is 11.3. The molecule has 44 heavy (non-hydrogen) atoms. The summed E-state index contributed by atoms with van der Waals surface area (Å²) in [7, 11) is -3.21. The van der Waals surface area contributed by atoms with Crippen LogP contribution in [0.3, 0.4) is 0 Å². The zero-order valence-electron chi connectivity index (χ0n) is 25.0. The summed E-state index contributed by atoms with van der Waals surface area (Å²) in [5.41, 5.74) is 1.88. The fourth-order valence-corrected chi connectivity index (χ4v) is 7.55. The Morgan fingerprint density at radius 2 is 1.84 bits per heavy atom. The fourth-order valence-electron chi connectivity index (χ4n) is 5.22. The summed E-state index contributed by atoms with van der Waals surface area (Å²) in [5.74, 6) is 0.105. The van der Waals surface area contributed by atoms with E-state index >= 15 is 0 Å². The van der Waals surface area contributed by atoms with Crippen molar-refractivity contribution in [2.45, 2.75) is 59.3 Å². The molecule has 1 unspecified atom stereocenters. The number of rotatable bonds is 13. The number of pyridine rings is 1. The lowest BCUT2D eigenvalue weighted by molar-refractivity contribution is -0.384. The van der Waals surface area contributed by atoms with E-state index in [9.17, 15) is 19.5 Å². The van der Waals surface area contributed by atoms with Crippen molar-refractivity contribution in [2.75, 3.05) is 44.6 Å². The van der Waals surface area contributed by atoms with Crippen LogP contribution in [-0.2, 0) is 22.2 Å². The van der Waals surface area contributed by atoms with E-state index in [1.54, 1.807) is 29.4 Å². The molecule has 3 aromatic rings. The molecule has 1 amide bonds. The van der Waals surface area contributed by atoms with Crippen LogP contribution < -0.4 is 10.1 Å². The first kappa shape index (κ1) is 30.4. The fraction of sp³-hybridized carbons (Fsp3) is 0.536. The largest absolute Gasteiger partial charge is 0.488 e. The lowest BCUT2D eigenvalue weighted by atomic mass is 10.1. The quantitative estimate of drug-likeness (QED) is 0.118. The third kappa shape index (κ3) is 6.57. The minimum Gasteiger partial charge on any atom is -0.488 e. The highest BCUT2D eigenvalue weighted by Gasteiger charge is 2.50. The van der Waals surface area contributed by atoms with Gasteiger partial charge in [0.05, 0.1) is 22.2 Å². The average Bonchev–Trinajstić information content (AvgIpc) is 3.94. The second-order valence-corrected chi connectivity index (χ2v) is 13.6. The highest BCUT2D eigenvalue weighted by atomic mass is 31.2. The molecule has 0 saturated carbocycles. The Morgan fingerprint density at radius 1 is 1.14 bits per heavy atom. The third-order valence-electron chi connectivity index (χ3n) is 7.99. The van der Waals surface area contributed by atoms with Crippen LogP contribution in [0.1, 0.15) is 71.1 Å². The van der Waals surface area contributed by atoms with Crippen molar-refractivity contribution in [3.63, 3.8) is 0 Å². The number of carbonyl (C=O) groups excluding carboxylic acids is 1. The Morgan fingerprint density at radius 3 is 2.45 bits per heavy atom. The van der Waals surface area contributed by atoms with Gasteiger partial charge >= 0.3 is 13.4 Å². The summed E-state index contributed by atoms with van der Waals surface area (Å²) in [5, 5.41) is 18.3. The van der Waals surface area contributed by atoms with Gasteiger partial charge in [-0.25, -0.2) is 9.34 Å². The first-order valence-corrected chi connectivity index (χ1v) is 16.3. The molecular formula is C28H36N7O8P. The Hall–Kier alpha value is -3.62. The van der Waals surface area contributed by atoms with Gasteiger partial charge in [-0.3, -0.25) is 39.2 Å². The zero-order valence-corrected chi connectivity index (χ0v) is 25.9. The van der Waals surface area contributed by atoms with E-state index in [-0.39, 0.29) is 23.9 Å². The van der Waals surface area contributed by atoms with Crippen molar-refractivity contribution in [3.8, 4) is 5.75 Å². The summed E-state index contributed by atoms with van der Waals surface area (Å²) in [6, 6.07) is 2.71. The van der Waals surface area contributed by atoms with Crippen molar-refractivity contribution in [1.29, 1.82) is 0 Å². The number of hydrogen-bond acceptors (Lipinski definition) is 11. The SMILES string of the molecule is Cc1noc(C)c1COc1cc(C(=O)Nc2oc(C(C)OP(=O)(N3CC3)N3CC3)cc2[N+](=O)[O-])ncc1CN1CCCCC1. The number of carbonyl (C=O) groups is 1. The topological polar surface area (TPSA) is 169 Å². The molecule has 6 heterocycles. The monoisotopic (exact) mass is 629 g/mol. The molecule has 0 spiro atoms. The maximum absolute atomic E-state index is 13.4. The minimum absolute atomic E-state index is 0.00901. The summed E-state index contributed by atoms with van der Waals surface area (Å²) in [6.45, 7) is 10.6. The number of piperidine rings is 1. The van der Waals surface area contributed by atoms with E-state index in [0.717, 1.165) is 37.1 Å². The van der Waals surface area contributed by atoms with Crippen molar-refractivity contribution in [3.05, 3.63) is 62.5 Å². The Labute approximate surface area is 254 Å². The van der Waals surface area contributed by atoms with Gasteiger partial charge in [-0.15, -0.1) is 0 Å². The van der Waals surface area contributed by atoms with Crippen LogP contribution in [0.5, 0.6) is 5.75 Å². The molecule has 16 heteroatoms. The maximum Gasteiger partial charge on any atom is 0.346 e. The van der Waals surface area contributed by atoms with E-state index < -0.39 is 30.3 Å². The van der Waals surface area contributed by atoms with E-state index in [1.165, 1.54) is 18.6 Å². The van der Waals surface area contributed by atoms with Crippen LogP contribution >= 0.6 is 7.67 Å². The number of aromatic nitrogens is 2. The van der Waals surface area contributed by atoms with Gasteiger partial charge in [-0.2, -0.15) is 0 Å². The number of likely N-dealkylation sites (tertiary alicyclic amines) is 1. The molecule has 1 atom stereocenters. The zero-order chi connectivity index (χ0) is 31.0. The van der Waals surface area contributed by atoms with Gasteiger partial charge < -0.3 is 13.7 Å². The van der Waals surface area contributed by atoms with Crippen LogP contribution in [-0.4, -0.2) is 74.5 Å². The van der Waals surface area contributed by atoms with Gasteiger partial charge in [-0.05, 0) is 46.7 Å². The van der Waals surface area contributed by atoms with Crippen LogP contribution in [0, 0.1) is 24.0 Å². The first-order valence-electron chi connectivity index (χ1n) is 14.8. The maximum atomic E-state index is 13.4.